The van der Waals surface area contributed by atoms with Crippen LogP contribution in [0.4, 0.5) is 4.39 Å². The Morgan fingerprint density at radius 3 is 2.26 bits per heavy atom. The molecule has 0 radical (unpaired) electrons. The molecule has 35 heavy (non-hydrogen) atoms. The Morgan fingerprint density at radius 1 is 0.857 bits per heavy atom. The van der Waals surface area contributed by atoms with E-state index in [9.17, 15) is 4.39 Å². The van der Waals surface area contributed by atoms with Crippen molar-refractivity contribution in [1.82, 2.24) is 0 Å². The van der Waals surface area contributed by atoms with E-state index < -0.39 is 5.82 Å². The van der Waals surface area contributed by atoms with Gasteiger partial charge in [0.05, 0.1) is 6.61 Å². The molecule has 1 atom stereocenters. The van der Waals surface area contributed by atoms with Crippen LogP contribution in [0.2, 0.25) is 5.02 Å². The van der Waals surface area contributed by atoms with Crippen molar-refractivity contribution in [2.45, 2.75) is 90.9 Å². The summed E-state index contributed by atoms with van der Waals surface area (Å²) in [5.41, 5.74) is 4.08. The highest BCUT2D eigenvalue weighted by molar-refractivity contribution is 6.32. The van der Waals surface area contributed by atoms with Crippen LogP contribution in [0.15, 0.2) is 42.5 Å². The summed E-state index contributed by atoms with van der Waals surface area (Å²) in [7, 11) is 0. The molecular formula is C32H42ClFO. The summed E-state index contributed by atoms with van der Waals surface area (Å²) in [6, 6.07) is 11.8. The minimum absolute atomic E-state index is 0.0658. The molecule has 3 heteroatoms. The largest absolute Gasteiger partial charge is 0.492 e. The van der Waals surface area contributed by atoms with Crippen LogP contribution < -0.4 is 4.74 Å². The predicted molar refractivity (Wildman–Crippen MR) is 148 cm³/mol. The van der Waals surface area contributed by atoms with E-state index in [0.29, 0.717) is 17.9 Å². The Balaban J connectivity index is 1.33. The number of unbranched alkanes of at least 4 members (excludes halogenated alkanes) is 2. The van der Waals surface area contributed by atoms with E-state index in [4.69, 9.17) is 16.3 Å². The number of halogens is 2. The van der Waals surface area contributed by atoms with Gasteiger partial charge in [-0.05, 0) is 85.1 Å². The maximum absolute atomic E-state index is 14.9. The molecule has 0 spiro atoms. The first kappa shape index (κ1) is 26.3. The summed E-state index contributed by atoms with van der Waals surface area (Å²) in [6.45, 7) is 4.85. The highest BCUT2D eigenvalue weighted by atomic mass is 35.5. The van der Waals surface area contributed by atoms with Crippen molar-refractivity contribution in [3.05, 3.63) is 58.9 Å². The molecular weight excluding hydrogens is 455 g/mol. The Kier molecular flexibility index (Phi) is 9.72. The summed E-state index contributed by atoms with van der Waals surface area (Å²) >= 11 is 6.24. The first-order valence-electron chi connectivity index (χ1n) is 14.0. The third-order valence-corrected chi connectivity index (χ3v) is 8.65. The molecule has 0 aromatic heterocycles. The van der Waals surface area contributed by atoms with E-state index in [0.717, 1.165) is 36.2 Å². The fourth-order valence-electron chi connectivity index (χ4n) is 6.12. The first-order chi connectivity index (χ1) is 17.1. The smallest absolute Gasteiger partial charge is 0.153 e. The lowest BCUT2D eigenvalue weighted by molar-refractivity contribution is 0.187. The summed E-state index contributed by atoms with van der Waals surface area (Å²) in [6.07, 6.45) is 18.4. The standard InChI is InChI=1S/C32H42ClFO/c1-3-5-6-7-23-8-10-24(11-9-23)25-12-14-26(15-13-25)27-16-18-28(19-17-27)29-20-21-30(35-22-4-2)31(33)32(29)34/h14,16-21,23-25H,3-13,15,22H2,1-2H3. The number of hydrogen-bond donors (Lipinski definition) is 0. The van der Waals surface area contributed by atoms with Gasteiger partial charge in [0.2, 0.25) is 0 Å². The number of allylic oxidation sites excluding steroid dienone is 2. The van der Waals surface area contributed by atoms with Gasteiger partial charge in [-0.1, -0.05) is 94.3 Å². The van der Waals surface area contributed by atoms with Gasteiger partial charge >= 0.3 is 0 Å². The van der Waals surface area contributed by atoms with Crippen LogP contribution in [0.3, 0.4) is 0 Å². The lowest BCUT2D eigenvalue weighted by Gasteiger charge is -2.35. The molecule has 0 amide bonds. The van der Waals surface area contributed by atoms with Gasteiger partial charge in [-0.2, -0.15) is 0 Å². The molecule has 1 nitrogen and oxygen atoms in total. The van der Waals surface area contributed by atoms with Crippen LogP contribution in [-0.2, 0) is 0 Å². The van der Waals surface area contributed by atoms with Crippen molar-refractivity contribution in [2.24, 2.45) is 17.8 Å². The highest BCUT2D eigenvalue weighted by Gasteiger charge is 2.28. The van der Waals surface area contributed by atoms with E-state index in [1.54, 1.807) is 12.1 Å². The topological polar surface area (TPSA) is 9.23 Å². The molecule has 0 heterocycles. The Morgan fingerprint density at radius 2 is 1.60 bits per heavy atom. The lowest BCUT2D eigenvalue weighted by Crippen LogP contribution is -2.23. The lowest BCUT2D eigenvalue weighted by atomic mass is 9.70. The molecule has 2 aromatic rings. The molecule has 0 aliphatic heterocycles. The van der Waals surface area contributed by atoms with Crippen LogP contribution in [0, 0.1) is 23.6 Å². The van der Waals surface area contributed by atoms with Crippen LogP contribution in [-0.4, -0.2) is 6.61 Å². The average Bonchev–Trinajstić information content (AvgIpc) is 2.90. The van der Waals surface area contributed by atoms with Gasteiger partial charge in [-0.3, -0.25) is 0 Å². The molecule has 0 saturated heterocycles. The molecule has 1 fully saturated rings. The van der Waals surface area contributed by atoms with Crippen molar-refractivity contribution in [3.8, 4) is 16.9 Å². The van der Waals surface area contributed by atoms with Crippen molar-refractivity contribution < 1.29 is 9.13 Å². The molecule has 4 rings (SSSR count). The summed E-state index contributed by atoms with van der Waals surface area (Å²) in [4.78, 5) is 0. The number of benzene rings is 2. The van der Waals surface area contributed by atoms with E-state index >= 15 is 0 Å². The van der Waals surface area contributed by atoms with Gasteiger partial charge in [0.25, 0.3) is 0 Å². The molecule has 1 saturated carbocycles. The second kappa shape index (κ2) is 12.9. The van der Waals surface area contributed by atoms with Crippen LogP contribution >= 0.6 is 11.6 Å². The third kappa shape index (κ3) is 6.70. The number of ether oxygens (including phenoxy) is 1. The monoisotopic (exact) mass is 496 g/mol. The zero-order valence-corrected chi connectivity index (χ0v) is 22.4. The van der Waals surface area contributed by atoms with Crippen molar-refractivity contribution in [3.63, 3.8) is 0 Å². The van der Waals surface area contributed by atoms with Crippen LogP contribution in [0.25, 0.3) is 16.7 Å². The van der Waals surface area contributed by atoms with Crippen molar-refractivity contribution >= 4 is 17.2 Å². The molecule has 2 aliphatic rings. The second-order valence-corrected chi connectivity index (χ2v) is 11.1. The summed E-state index contributed by atoms with van der Waals surface area (Å²) in [5.74, 6) is 2.78. The molecule has 2 aromatic carbocycles. The highest BCUT2D eigenvalue weighted by Crippen LogP contribution is 2.42. The second-order valence-electron chi connectivity index (χ2n) is 10.7. The zero-order chi connectivity index (χ0) is 24.6. The average molecular weight is 497 g/mol. The van der Waals surface area contributed by atoms with E-state index in [1.165, 1.54) is 75.3 Å². The molecule has 2 aliphatic carbocycles. The van der Waals surface area contributed by atoms with Crippen LogP contribution in [0.1, 0.15) is 96.5 Å². The van der Waals surface area contributed by atoms with Gasteiger partial charge in [-0.25, -0.2) is 4.39 Å². The van der Waals surface area contributed by atoms with Crippen LogP contribution in [0.5, 0.6) is 5.75 Å². The summed E-state index contributed by atoms with van der Waals surface area (Å²) < 4.78 is 20.5. The number of rotatable bonds is 10. The fourth-order valence-corrected chi connectivity index (χ4v) is 6.34. The first-order valence-corrected chi connectivity index (χ1v) is 14.4. The van der Waals surface area contributed by atoms with Gasteiger partial charge in [0.15, 0.2) is 5.82 Å². The molecule has 0 N–H and O–H groups in total. The van der Waals surface area contributed by atoms with Gasteiger partial charge in [0.1, 0.15) is 10.8 Å². The van der Waals surface area contributed by atoms with E-state index in [1.807, 2.05) is 19.1 Å². The third-order valence-electron chi connectivity index (χ3n) is 8.30. The van der Waals surface area contributed by atoms with Crippen molar-refractivity contribution in [2.75, 3.05) is 6.61 Å². The number of hydrogen-bond acceptors (Lipinski definition) is 1. The van der Waals surface area contributed by atoms with Gasteiger partial charge < -0.3 is 4.74 Å². The maximum atomic E-state index is 14.9. The maximum Gasteiger partial charge on any atom is 0.153 e. The molecule has 190 valence electrons. The summed E-state index contributed by atoms with van der Waals surface area (Å²) in [5, 5.41) is 0.0658. The van der Waals surface area contributed by atoms with E-state index in [2.05, 4.69) is 25.1 Å². The fraction of sp³-hybridized carbons (Fsp3) is 0.562. The Hall–Kier alpha value is -1.80. The molecule has 0 bridgehead atoms. The van der Waals surface area contributed by atoms with E-state index in [-0.39, 0.29) is 5.02 Å². The molecule has 1 unspecified atom stereocenters. The quantitative estimate of drug-likeness (QED) is 0.297. The van der Waals surface area contributed by atoms with Gasteiger partial charge in [-0.15, -0.1) is 0 Å². The van der Waals surface area contributed by atoms with Gasteiger partial charge in [0, 0.05) is 5.56 Å². The predicted octanol–water partition coefficient (Wildman–Crippen LogP) is 10.5. The van der Waals surface area contributed by atoms with Crippen molar-refractivity contribution in [1.29, 1.82) is 0 Å². The minimum Gasteiger partial charge on any atom is -0.492 e. The Bertz CT molecular complexity index is 972. The SMILES string of the molecule is CCCCCC1CCC(C2CC=C(c3ccc(-c4ccc(OCCC)c(Cl)c4F)cc3)CC2)CC1. The zero-order valence-electron chi connectivity index (χ0n) is 21.6. The Labute approximate surface area is 217 Å². The minimum atomic E-state index is -0.409. The normalized spacial score (nSPS) is 22.6.